The fourth-order valence-electron chi connectivity index (χ4n) is 3.72. The number of benzene rings is 2. The van der Waals surface area contributed by atoms with Crippen molar-refractivity contribution >= 4 is 21.9 Å². The number of methoxy groups -OCH3 is 3. The zero-order chi connectivity index (χ0) is 24.3. The summed E-state index contributed by atoms with van der Waals surface area (Å²) in [7, 11) is 0.656. The van der Waals surface area contributed by atoms with Gasteiger partial charge in [0.25, 0.3) is 0 Å². The fraction of sp³-hybridized carbons (Fsp3) is 0.318. The van der Waals surface area contributed by atoms with Crippen LogP contribution in [0.15, 0.2) is 51.8 Å². The number of hydrogen-bond donors (Lipinski definition) is 1. The summed E-state index contributed by atoms with van der Waals surface area (Å²) >= 11 is 0. The molecule has 1 aliphatic rings. The monoisotopic (exact) mass is 488 g/mol. The molecule has 1 aromatic heterocycles. The number of nitrogens with one attached hydrogen (secondary N) is 1. The van der Waals surface area contributed by atoms with E-state index in [1.807, 2.05) is 0 Å². The zero-order valence-electron chi connectivity index (χ0n) is 18.8. The molecule has 180 valence electrons. The van der Waals surface area contributed by atoms with Crippen molar-refractivity contribution in [3.05, 3.63) is 42.5 Å². The van der Waals surface area contributed by atoms with Gasteiger partial charge in [-0.1, -0.05) is 5.10 Å². The van der Waals surface area contributed by atoms with Crippen LogP contribution in [0.3, 0.4) is 0 Å². The third-order valence-electron chi connectivity index (χ3n) is 5.46. The molecule has 0 saturated carbocycles. The lowest BCUT2D eigenvalue weighted by atomic mass is 10.2. The van der Waals surface area contributed by atoms with Gasteiger partial charge in [0.2, 0.25) is 21.8 Å². The molecule has 2 aromatic carbocycles. The van der Waals surface area contributed by atoms with Crippen molar-refractivity contribution in [1.82, 2.24) is 14.5 Å². The Bertz CT molecular complexity index is 1270. The van der Waals surface area contributed by atoms with E-state index in [0.717, 1.165) is 0 Å². The van der Waals surface area contributed by atoms with Crippen LogP contribution in [-0.4, -0.2) is 62.7 Å². The summed E-state index contributed by atoms with van der Waals surface area (Å²) < 4.78 is 48.6. The second-order valence-corrected chi connectivity index (χ2v) is 9.31. The lowest BCUT2D eigenvalue weighted by Gasteiger charge is -2.22. The molecule has 0 bridgehead atoms. The Balaban J connectivity index is 1.50. The molecule has 2 heterocycles. The van der Waals surface area contributed by atoms with Crippen molar-refractivity contribution in [1.29, 1.82) is 0 Å². The van der Waals surface area contributed by atoms with Gasteiger partial charge in [-0.25, -0.2) is 8.42 Å². The van der Waals surface area contributed by atoms with Gasteiger partial charge in [-0.3, -0.25) is 10.1 Å². The van der Waals surface area contributed by atoms with Gasteiger partial charge in [0, 0.05) is 12.1 Å². The standard InChI is InChI=1S/C22H24N4O7S/c1-30-15-7-9-16(10-8-15)34(28,29)26-12-4-5-17(26)20(27)23-22-25-24-21(33-22)14-6-11-18(31-2)19(13-14)32-3/h6-11,13,17H,4-5,12H2,1-3H3,(H,23,25,27). The average Bonchev–Trinajstić information content (AvgIpc) is 3.54. The van der Waals surface area contributed by atoms with Gasteiger partial charge in [0.1, 0.15) is 11.8 Å². The highest BCUT2D eigenvalue weighted by atomic mass is 32.2. The Labute approximate surface area is 196 Å². The van der Waals surface area contributed by atoms with Crippen LogP contribution in [0, 0.1) is 0 Å². The highest BCUT2D eigenvalue weighted by Gasteiger charge is 2.40. The molecule has 3 aromatic rings. The van der Waals surface area contributed by atoms with Crippen molar-refractivity contribution in [3.63, 3.8) is 0 Å². The molecule has 11 nitrogen and oxygen atoms in total. The van der Waals surface area contributed by atoms with E-state index in [1.165, 1.54) is 37.8 Å². The van der Waals surface area contributed by atoms with Gasteiger partial charge in [-0.15, -0.1) is 5.10 Å². The van der Waals surface area contributed by atoms with Crippen molar-refractivity contribution in [2.75, 3.05) is 33.2 Å². The minimum absolute atomic E-state index is 0.0847. The van der Waals surface area contributed by atoms with Crippen molar-refractivity contribution in [3.8, 4) is 28.7 Å². The number of anilines is 1. The largest absolute Gasteiger partial charge is 0.497 e. The molecule has 1 amide bonds. The number of carbonyl (C=O) groups is 1. The third-order valence-corrected chi connectivity index (χ3v) is 7.38. The number of sulfonamides is 1. The number of nitrogens with zero attached hydrogens (tertiary/aromatic N) is 3. The first-order valence-electron chi connectivity index (χ1n) is 10.4. The Kier molecular flexibility index (Phi) is 6.70. The van der Waals surface area contributed by atoms with E-state index in [-0.39, 0.29) is 23.3 Å². The lowest BCUT2D eigenvalue weighted by molar-refractivity contribution is -0.119. The molecule has 0 spiro atoms. The van der Waals surface area contributed by atoms with E-state index < -0.39 is 22.0 Å². The minimum Gasteiger partial charge on any atom is -0.497 e. The van der Waals surface area contributed by atoms with Crippen molar-refractivity contribution in [2.24, 2.45) is 0 Å². The summed E-state index contributed by atoms with van der Waals surface area (Å²) in [5, 5.41) is 10.4. The van der Waals surface area contributed by atoms with Crippen LogP contribution >= 0.6 is 0 Å². The number of hydrogen-bond acceptors (Lipinski definition) is 9. The maximum Gasteiger partial charge on any atom is 0.322 e. The molecule has 1 atom stereocenters. The molecular weight excluding hydrogens is 464 g/mol. The van der Waals surface area contributed by atoms with Gasteiger partial charge < -0.3 is 18.6 Å². The van der Waals surface area contributed by atoms with E-state index in [9.17, 15) is 13.2 Å². The quantitative estimate of drug-likeness (QED) is 0.508. The summed E-state index contributed by atoms with van der Waals surface area (Å²) in [4.78, 5) is 13.0. The molecule has 12 heteroatoms. The van der Waals surface area contributed by atoms with Gasteiger partial charge in [-0.05, 0) is 55.3 Å². The highest BCUT2D eigenvalue weighted by molar-refractivity contribution is 7.89. The van der Waals surface area contributed by atoms with Crippen LogP contribution < -0.4 is 19.5 Å². The van der Waals surface area contributed by atoms with E-state index in [1.54, 1.807) is 30.3 Å². The maximum absolute atomic E-state index is 13.1. The van der Waals surface area contributed by atoms with E-state index in [4.69, 9.17) is 18.6 Å². The van der Waals surface area contributed by atoms with E-state index in [0.29, 0.717) is 35.7 Å². The molecule has 4 rings (SSSR count). The van der Waals surface area contributed by atoms with Crippen LogP contribution in [0.4, 0.5) is 6.01 Å². The number of amides is 1. The first-order valence-corrected chi connectivity index (χ1v) is 11.8. The second-order valence-electron chi connectivity index (χ2n) is 7.42. The molecule has 1 saturated heterocycles. The molecule has 1 fully saturated rings. The smallest absolute Gasteiger partial charge is 0.322 e. The Morgan fingerprint density at radius 2 is 1.76 bits per heavy atom. The number of ether oxygens (including phenoxy) is 3. The summed E-state index contributed by atoms with van der Waals surface area (Å²) in [5.74, 6) is 1.17. The first kappa shape index (κ1) is 23.5. The Morgan fingerprint density at radius 3 is 2.44 bits per heavy atom. The average molecular weight is 489 g/mol. The van der Waals surface area contributed by atoms with Gasteiger partial charge in [-0.2, -0.15) is 4.31 Å². The van der Waals surface area contributed by atoms with E-state index >= 15 is 0 Å². The van der Waals surface area contributed by atoms with Crippen LogP contribution in [-0.2, 0) is 14.8 Å². The molecular formula is C22H24N4O7S. The Morgan fingerprint density at radius 1 is 1.03 bits per heavy atom. The summed E-state index contributed by atoms with van der Waals surface area (Å²) in [6.07, 6.45) is 0.923. The van der Waals surface area contributed by atoms with Gasteiger partial charge >= 0.3 is 6.01 Å². The van der Waals surface area contributed by atoms with Crippen molar-refractivity contribution in [2.45, 2.75) is 23.8 Å². The molecule has 34 heavy (non-hydrogen) atoms. The second kappa shape index (κ2) is 9.69. The SMILES string of the molecule is COc1ccc(S(=O)(=O)N2CCCC2C(=O)Nc2nnc(-c3ccc(OC)c(OC)c3)o2)cc1. The highest BCUT2D eigenvalue weighted by Crippen LogP contribution is 2.32. The van der Waals surface area contributed by atoms with Gasteiger partial charge in [0.05, 0.1) is 26.2 Å². The fourth-order valence-corrected chi connectivity index (χ4v) is 5.38. The lowest BCUT2D eigenvalue weighted by Crippen LogP contribution is -2.43. The first-order chi connectivity index (χ1) is 16.4. The van der Waals surface area contributed by atoms with Crippen LogP contribution in [0.2, 0.25) is 0 Å². The number of aromatic nitrogens is 2. The molecule has 1 N–H and O–H groups in total. The van der Waals surface area contributed by atoms with Gasteiger partial charge in [0.15, 0.2) is 11.5 Å². The predicted molar refractivity (Wildman–Crippen MR) is 121 cm³/mol. The molecule has 0 aliphatic carbocycles. The van der Waals surface area contributed by atoms with Crippen molar-refractivity contribution < 1.29 is 31.8 Å². The molecule has 0 radical (unpaired) electrons. The maximum atomic E-state index is 13.1. The summed E-state index contributed by atoms with van der Waals surface area (Å²) in [6, 6.07) is 10.1. The Hall–Kier alpha value is -3.64. The molecule has 1 aliphatic heterocycles. The normalized spacial score (nSPS) is 16.3. The number of rotatable bonds is 8. The topological polar surface area (TPSA) is 133 Å². The van der Waals surface area contributed by atoms with Crippen LogP contribution in [0.1, 0.15) is 12.8 Å². The third kappa shape index (κ3) is 4.54. The molecule has 1 unspecified atom stereocenters. The van der Waals surface area contributed by atoms with Crippen LogP contribution in [0.5, 0.6) is 17.2 Å². The zero-order valence-corrected chi connectivity index (χ0v) is 19.7. The van der Waals surface area contributed by atoms with E-state index in [2.05, 4.69) is 15.5 Å². The summed E-state index contributed by atoms with van der Waals surface area (Å²) in [6.45, 7) is 0.229. The summed E-state index contributed by atoms with van der Waals surface area (Å²) in [5.41, 5.74) is 0.565. The van der Waals surface area contributed by atoms with Crippen LogP contribution in [0.25, 0.3) is 11.5 Å². The minimum atomic E-state index is -3.88. The predicted octanol–water partition coefficient (Wildman–Crippen LogP) is 2.55. The number of carbonyl (C=O) groups excluding carboxylic acids is 1.